The van der Waals surface area contributed by atoms with E-state index >= 15 is 0 Å². The first-order valence-corrected chi connectivity index (χ1v) is 8.19. The van der Waals surface area contributed by atoms with Crippen LogP contribution in [0.3, 0.4) is 0 Å². The van der Waals surface area contributed by atoms with Gasteiger partial charge in [0.05, 0.1) is 0 Å². The van der Waals surface area contributed by atoms with E-state index < -0.39 is 5.60 Å². The second-order valence-corrected chi connectivity index (χ2v) is 7.44. The summed E-state index contributed by atoms with van der Waals surface area (Å²) in [5.74, 6) is 1.37. The number of nitrogens with two attached hydrogens (primary N) is 1. The summed E-state index contributed by atoms with van der Waals surface area (Å²) >= 11 is 0. The van der Waals surface area contributed by atoms with E-state index in [9.17, 15) is 4.79 Å². The number of aliphatic imine (C=N–C) groups is 1. The Balaban J connectivity index is 0.00000484. The first-order chi connectivity index (χ1) is 10.2. The number of rotatable bonds is 4. The molecule has 0 aromatic carbocycles. The number of halogens is 1. The molecule has 0 aliphatic carbocycles. The third kappa shape index (κ3) is 9.88. The Labute approximate surface area is 157 Å². The highest BCUT2D eigenvalue weighted by Gasteiger charge is 2.27. The maximum Gasteiger partial charge on any atom is 0.410 e. The lowest BCUT2D eigenvalue weighted by molar-refractivity contribution is 0.0168. The summed E-state index contributed by atoms with van der Waals surface area (Å²) in [6.45, 7) is 12.8. The molecule has 6 nitrogen and oxygen atoms in total. The van der Waals surface area contributed by atoms with Gasteiger partial charge in [-0.05, 0) is 45.4 Å². The summed E-state index contributed by atoms with van der Waals surface area (Å²) in [5.41, 5.74) is 5.40. The standard InChI is InChI=1S/C16H32N4O2.HI/c1-12(2)9-18-14(17)19-10-13-7-6-8-20(11-13)15(21)22-16(3,4)5;/h12-13H,6-11H2,1-5H3,(H3,17,18,19);1H. The van der Waals surface area contributed by atoms with Gasteiger partial charge in [0.25, 0.3) is 0 Å². The van der Waals surface area contributed by atoms with Gasteiger partial charge in [0, 0.05) is 26.2 Å². The minimum Gasteiger partial charge on any atom is -0.444 e. The van der Waals surface area contributed by atoms with Crippen molar-refractivity contribution in [1.82, 2.24) is 10.2 Å². The van der Waals surface area contributed by atoms with Gasteiger partial charge >= 0.3 is 6.09 Å². The lowest BCUT2D eigenvalue weighted by Crippen LogP contribution is -2.46. The van der Waals surface area contributed by atoms with E-state index in [4.69, 9.17) is 10.5 Å². The molecule has 3 N–H and O–H groups in total. The van der Waals surface area contributed by atoms with E-state index in [-0.39, 0.29) is 30.1 Å². The van der Waals surface area contributed by atoms with Crippen molar-refractivity contribution >= 4 is 36.0 Å². The summed E-state index contributed by atoms with van der Waals surface area (Å²) in [6.07, 6.45) is 1.86. The average molecular weight is 440 g/mol. The normalized spacial score (nSPS) is 19.3. The number of carbonyl (C=O) groups excluding carboxylic acids is 1. The molecular formula is C16H33IN4O2. The fraction of sp³-hybridized carbons (Fsp3) is 0.875. The van der Waals surface area contributed by atoms with Gasteiger partial charge in [-0.2, -0.15) is 0 Å². The van der Waals surface area contributed by atoms with Gasteiger partial charge in [-0.3, -0.25) is 4.99 Å². The number of amides is 1. The molecule has 7 heteroatoms. The monoisotopic (exact) mass is 440 g/mol. The molecule has 1 heterocycles. The van der Waals surface area contributed by atoms with Crippen molar-refractivity contribution in [3.8, 4) is 0 Å². The number of ether oxygens (including phenoxy) is 1. The van der Waals surface area contributed by atoms with Gasteiger partial charge in [-0.15, -0.1) is 24.0 Å². The van der Waals surface area contributed by atoms with Crippen LogP contribution in [0.4, 0.5) is 4.79 Å². The molecular weight excluding hydrogens is 407 g/mol. The van der Waals surface area contributed by atoms with Crippen LogP contribution in [0.5, 0.6) is 0 Å². The van der Waals surface area contributed by atoms with Crippen LogP contribution >= 0.6 is 24.0 Å². The second kappa shape index (κ2) is 10.2. The van der Waals surface area contributed by atoms with Crippen molar-refractivity contribution < 1.29 is 9.53 Å². The Morgan fingerprint density at radius 3 is 2.65 bits per heavy atom. The van der Waals surface area contributed by atoms with E-state index in [1.807, 2.05) is 20.8 Å². The summed E-state index contributed by atoms with van der Waals surface area (Å²) in [6, 6.07) is 0. The number of nitrogens with zero attached hydrogens (tertiary/aromatic N) is 2. The average Bonchev–Trinajstić information content (AvgIpc) is 2.41. The molecule has 1 saturated heterocycles. The maximum atomic E-state index is 12.1. The molecule has 1 unspecified atom stereocenters. The Morgan fingerprint density at radius 2 is 2.09 bits per heavy atom. The Bertz CT molecular complexity index is 394. The summed E-state index contributed by atoms with van der Waals surface area (Å²) in [7, 11) is 0. The number of guanidine groups is 1. The largest absolute Gasteiger partial charge is 0.444 e. The quantitative estimate of drug-likeness (QED) is 0.400. The Hall–Kier alpha value is -0.730. The van der Waals surface area contributed by atoms with E-state index in [0.717, 1.165) is 32.5 Å². The molecule has 136 valence electrons. The number of hydrogen-bond donors (Lipinski definition) is 2. The van der Waals surface area contributed by atoms with Crippen LogP contribution < -0.4 is 11.1 Å². The van der Waals surface area contributed by atoms with E-state index in [1.54, 1.807) is 4.90 Å². The van der Waals surface area contributed by atoms with Crippen LogP contribution in [0.15, 0.2) is 4.99 Å². The number of piperidine rings is 1. The third-order valence-corrected chi connectivity index (χ3v) is 3.37. The van der Waals surface area contributed by atoms with Crippen LogP contribution in [-0.2, 0) is 4.74 Å². The SMILES string of the molecule is CC(C)CN=C(N)NCC1CCCN(C(=O)OC(C)(C)C)C1.I. The van der Waals surface area contributed by atoms with Crippen LogP contribution in [0.2, 0.25) is 0 Å². The smallest absolute Gasteiger partial charge is 0.410 e. The predicted molar refractivity (Wildman–Crippen MR) is 105 cm³/mol. The molecule has 1 aliphatic heterocycles. The van der Waals surface area contributed by atoms with E-state index in [2.05, 4.69) is 24.2 Å². The molecule has 1 aliphatic rings. The maximum absolute atomic E-state index is 12.1. The summed E-state index contributed by atoms with van der Waals surface area (Å²) in [4.78, 5) is 18.2. The molecule has 0 radical (unpaired) electrons. The van der Waals surface area contributed by atoms with Crippen LogP contribution in [0.25, 0.3) is 0 Å². The molecule has 0 saturated carbocycles. The Morgan fingerprint density at radius 1 is 1.43 bits per heavy atom. The van der Waals surface area contributed by atoms with Gasteiger partial charge in [-0.25, -0.2) is 4.79 Å². The van der Waals surface area contributed by atoms with E-state index in [0.29, 0.717) is 24.3 Å². The lowest BCUT2D eigenvalue weighted by atomic mass is 9.98. The molecule has 0 spiro atoms. The van der Waals surface area contributed by atoms with E-state index in [1.165, 1.54) is 0 Å². The zero-order valence-electron chi connectivity index (χ0n) is 15.1. The van der Waals surface area contributed by atoms with Gasteiger partial charge < -0.3 is 20.7 Å². The Kier molecular flexibility index (Phi) is 9.88. The third-order valence-electron chi connectivity index (χ3n) is 3.37. The minimum absolute atomic E-state index is 0. The topological polar surface area (TPSA) is 80.0 Å². The highest BCUT2D eigenvalue weighted by atomic mass is 127. The van der Waals surface area contributed by atoms with Gasteiger partial charge in [0.2, 0.25) is 0 Å². The van der Waals surface area contributed by atoms with Crippen molar-refractivity contribution in [2.75, 3.05) is 26.2 Å². The molecule has 0 bridgehead atoms. The first-order valence-electron chi connectivity index (χ1n) is 8.19. The van der Waals surface area contributed by atoms with Crippen LogP contribution in [0, 0.1) is 11.8 Å². The molecule has 1 rings (SSSR count). The molecule has 1 amide bonds. The van der Waals surface area contributed by atoms with Crippen molar-refractivity contribution in [3.05, 3.63) is 0 Å². The number of carbonyl (C=O) groups is 1. The minimum atomic E-state index is -0.448. The van der Waals surface area contributed by atoms with Crippen LogP contribution in [-0.4, -0.2) is 48.7 Å². The number of likely N-dealkylation sites (tertiary alicyclic amines) is 1. The van der Waals surface area contributed by atoms with Crippen molar-refractivity contribution in [2.45, 2.75) is 53.1 Å². The second-order valence-electron chi connectivity index (χ2n) is 7.44. The van der Waals surface area contributed by atoms with Crippen molar-refractivity contribution in [3.63, 3.8) is 0 Å². The van der Waals surface area contributed by atoms with Gasteiger partial charge in [-0.1, -0.05) is 13.8 Å². The lowest BCUT2D eigenvalue weighted by Gasteiger charge is -2.34. The summed E-state index contributed by atoms with van der Waals surface area (Å²) in [5, 5.41) is 3.16. The fourth-order valence-corrected chi connectivity index (χ4v) is 2.31. The molecule has 1 fully saturated rings. The first kappa shape index (κ1) is 22.3. The number of hydrogen-bond acceptors (Lipinski definition) is 3. The van der Waals surface area contributed by atoms with Gasteiger partial charge in [0.15, 0.2) is 5.96 Å². The van der Waals surface area contributed by atoms with Crippen molar-refractivity contribution in [2.24, 2.45) is 22.6 Å². The number of nitrogens with one attached hydrogen (secondary N) is 1. The fourth-order valence-electron chi connectivity index (χ4n) is 2.31. The molecule has 0 aromatic rings. The van der Waals surface area contributed by atoms with Crippen LogP contribution in [0.1, 0.15) is 47.5 Å². The van der Waals surface area contributed by atoms with Crippen molar-refractivity contribution in [1.29, 1.82) is 0 Å². The zero-order valence-corrected chi connectivity index (χ0v) is 17.4. The molecule has 23 heavy (non-hydrogen) atoms. The molecule has 1 atom stereocenters. The summed E-state index contributed by atoms with van der Waals surface area (Å²) < 4.78 is 5.43. The highest BCUT2D eigenvalue weighted by molar-refractivity contribution is 14.0. The zero-order chi connectivity index (χ0) is 16.8. The van der Waals surface area contributed by atoms with Gasteiger partial charge in [0.1, 0.15) is 5.60 Å². The predicted octanol–water partition coefficient (Wildman–Crippen LogP) is 2.81. The highest BCUT2D eigenvalue weighted by Crippen LogP contribution is 2.18. The molecule has 0 aromatic heterocycles.